The monoisotopic (exact) mass is 401 g/mol. The summed E-state index contributed by atoms with van der Waals surface area (Å²) in [4.78, 5) is 11.8. The van der Waals surface area contributed by atoms with Crippen LogP contribution in [0.4, 0.5) is 0 Å². The molecule has 28 heavy (non-hydrogen) atoms. The summed E-state index contributed by atoms with van der Waals surface area (Å²) in [5, 5.41) is 14.1. The second kappa shape index (κ2) is 8.09. The number of hydrogen-bond donors (Lipinski definition) is 1. The molecular formula is C22H31N3O2S. The molecule has 2 aliphatic rings. The van der Waals surface area contributed by atoms with Gasteiger partial charge in [0.05, 0.1) is 24.0 Å². The molecule has 0 spiro atoms. The van der Waals surface area contributed by atoms with Gasteiger partial charge in [0.15, 0.2) is 0 Å². The number of aliphatic hydroxyl groups is 1. The number of hydrogen-bond acceptors (Lipinski definition) is 6. The molecule has 4 rings (SSSR count). The van der Waals surface area contributed by atoms with Gasteiger partial charge in [-0.2, -0.15) is 0 Å². The predicted octanol–water partition coefficient (Wildman–Crippen LogP) is 3.93. The minimum absolute atomic E-state index is 0.142. The van der Waals surface area contributed by atoms with Gasteiger partial charge in [0.1, 0.15) is 16.9 Å². The van der Waals surface area contributed by atoms with E-state index in [1.807, 2.05) is 26.0 Å². The van der Waals surface area contributed by atoms with Crippen molar-refractivity contribution in [1.29, 1.82) is 0 Å². The van der Waals surface area contributed by atoms with E-state index in [0.717, 1.165) is 49.6 Å². The molecule has 0 amide bonds. The van der Waals surface area contributed by atoms with E-state index in [9.17, 15) is 5.11 Å². The maximum atomic E-state index is 10.7. The number of pyridine rings is 1. The third-order valence-electron chi connectivity index (χ3n) is 6.14. The van der Waals surface area contributed by atoms with Gasteiger partial charge in [-0.1, -0.05) is 13.8 Å². The van der Waals surface area contributed by atoms with E-state index in [4.69, 9.17) is 9.72 Å². The average Bonchev–Trinajstić information content (AvgIpc) is 3.24. The number of fused-ring (bicyclic) bond motifs is 1. The zero-order chi connectivity index (χ0) is 19.8. The molecule has 3 heterocycles. The summed E-state index contributed by atoms with van der Waals surface area (Å²) in [7, 11) is 0. The van der Waals surface area contributed by atoms with Crippen LogP contribution >= 0.6 is 11.3 Å². The van der Waals surface area contributed by atoms with Crippen LogP contribution in [0.2, 0.25) is 0 Å². The SMILES string of the molecule is Cc1ccc(O[C@@H]2C[C@@H]3CN(Cc4nc(C(C)C)cs4)C[C@@H]3C[C@H]2O)c(C)n1. The van der Waals surface area contributed by atoms with Crippen molar-refractivity contribution in [1.82, 2.24) is 14.9 Å². The number of nitrogens with zero attached hydrogens (tertiary/aromatic N) is 3. The lowest BCUT2D eigenvalue weighted by molar-refractivity contribution is -0.0236. The minimum atomic E-state index is -0.408. The first-order chi connectivity index (χ1) is 13.4. The number of thiazole rings is 1. The van der Waals surface area contributed by atoms with Gasteiger partial charge in [-0.3, -0.25) is 9.88 Å². The average molecular weight is 402 g/mol. The number of aryl methyl sites for hydroxylation is 2. The number of likely N-dealkylation sites (tertiary alicyclic amines) is 1. The van der Waals surface area contributed by atoms with E-state index >= 15 is 0 Å². The smallest absolute Gasteiger partial charge is 0.141 e. The molecule has 5 nitrogen and oxygen atoms in total. The van der Waals surface area contributed by atoms with Crippen LogP contribution in [0, 0.1) is 25.7 Å². The van der Waals surface area contributed by atoms with Gasteiger partial charge in [0.25, 0.3) is 0 Å². The lowest BCUT2D eigenvalue weighted by atomic mass is 9.78. The van der Waals surface area contributed by atoms with Crippen LogP contribution in [0.1, 0.15) is 54.7 Å². The standard InChI is InChI=1S/C22H31N3O2S/c1-13(2)18-12-28-22(24-18)11-25-9-16-7-19(26)21(8-17(16)10-25)27-20-6-5-14(3)23-15(20)4/h5-6,12-13,16-17,19,21,26H,7-11H2,1-4H3/t16-,17+,19+,21+/m0/s1. The molecule has 0 aromatic carbocycles. The Labute approximate surface area is 171 Å². The van der Waals surface area contributed by atoms with Gasteiger partial charge in [-0.25, -0.2) is 4.98 Å². The molecule has 6 heteroatoms. The summed E-state index contributed by atoms with van der Waals surface area (Å²) in [5.41, 5.74) is 3.08. The Morgan fingerprint density at radius 3 is 2.61 bits per heavy atom. The second-order valence-corrected chi connectivity index (χ2v) is 9.71. The zero-order valence-corrected chi connectivity index (χ0v) is 18.1. The quantitative estimate of drug-likeness (QED) is 0.823. The number of aliphatic hydroxyl groups excluding tert-OH is 1. The highest BCUT2D eigenvalue weighted by Gasteiger charge is 2.42. The Balaban J connectivity index is 1.37. The fraction of sp³-hybridized carbons (Fsp3) is 0.636. The number of ether oxygens (including phenoxy) is 1. The van der Waals surface area contributed by atoms with Crippen LogP contribution in [0.25, 0.3) is 0 Å². The summed E-state index contributed by atoms with van der Waals surface area (Å²) >= 11 is 1.77. The molecule has 0 unspecified atom stereocenters. The van der Waals surface area contributed by atoms with Gasteiger partial charge in [-0.15, -0.1) is 11.3 Å². The third-order valence-corrected chi connectivity index (χ3v) is 6.99. The van der Waals surface area contributed by atoms with Gasteiger partial charge in [0, 0.05) is 24.2 Å². The molecule has 0 radical (unpaired) electrons. The van der Waals surface area contributed by atoms with Gasteiger partial charge >= 0.3 is 0 Å². The van der Waals surface area contributed by atoms with E-state index in [0.29, 0.717) is 17.8 Å². The molecule has 1 aliphatic heterocycles. The molecular weight excluding hydrogens is 370 g/mol. The molecule has 1 N–H and O–H groups in total. The molecule has 1 saturated heterocycles. The summed E-state index contributed by atoms with van der Waals surface area (Å²) in [5.74, 6) is 2.42. The van der Waals surface area contributed by atoms with Crippen LogP contribution in [-0.2, 0) is 6.54 Å². The summed E-state index contributed by atoms with van der Waals surface area (Å²) < 4.78 is 6.20. The van der Waals surface area contributed by atoms with E-state index in [1.54, 1.807) is 11.3 Å². The zero-order valence-electron chi connectivity index (χ0n) is 17.3. The molecule has 0 bridgehead atoms. The van der Waals surface area contributed by atoms with E-state index in [1.165, 1.54) is 10.7 Å². The van der Waals surface area contributed by atoms with Crippen molar-refractivity contribution in [2.45, 2.75) is 65.2 Å². The molecule has 2 fully saturated rings. The van der Waals surface area contributed by atoms with E-state index in [-0.39, 0.29) is 6.10 Å². The van der Waals surface area contributed by atoms with Crippen LogP contribution < -0.4 is 4.74 Å². The fourth-order valence-electron chi connectivity index (χ4n) is 4.56. The third kappa shape index (κ3) is 4.24. The van der Waals surface area contributed by atoms with Crippen molar-refractivity contribution >= 4 is 11.3 Å². The summed E-state index contributed by atoms with van der Waals surface area (Å²) in [6, 6.07) is 3.95. The Morgan fingerprint density at radius 2 is 1.93 bits per heavy atom. The van der Waals surface area contributed by atoms with Crippen molar-refractivity contribution < 1.29 is 9.84 Å². The maximum absolute atomic E-state index is 10.7. The van der Waals surface area contributed by atoms with Crippen molar-refractivity contribution in [3.05, 3.63) is 39.6 Å². The lowest BCUT2D eigenvalue weighted by Gasteiger charge is -2.35. The van der Waals surface area contributed by atoms with Crippen molar-refractivity contribution in [2.24, 2.45) is 11.8 Å². The largest absolute Gasteiger partial charge is 0.486 e. The highest BCUT2D eigenvalue weighted by molar-refractivity contribution is 7.09. The summed E-state index contributed by atoms with van der Waals surface area (Å²) in [6.07, 6.45) is 1.18. The molecule has 152 valence electrons. The number of rotatable bonds is 5. The molecule has 2 aromatic heterocycles. The van der Waals surface area contributed by atoms with Crippen LogP contribution in [0.15, 0.2) is 17.5 Å². The van der Waals surface area contributed by atoms with Gasteiger partial charge < -0.3 is 9.84 Å². The molecule has 2 aromatic rings. The first-order valence-electron chi connectivity index (χ1n) is 10.3. The molecule has 1 aliphatic carbocycles. The Bertz CT molecular complexity index is 822. The Kier molecular flexibility index (Phi) is 5.72. The fourth-order valence-corrected chi connectivity index (χ4v) is 5.56. The first kappa shape index (κ1) is 19.8. The molecule has 4 atom stereocenters. The van der Waals surface area contributed by atoms with Crippen molar-refractivity contribution in [3.8, 4) is 5.75 Å². The topological polar surface area (TPSA) is 58.5 Å². The van der Waals surface area contributed by atoms with Crippen LogP contribution in [0.3, 0.4) is 0 Å². The molecule has 1 saturated carbocycles. The van der Waals surface area contributed by atoms with Crippen LogP contribution in [-0.4, -0.2) is 45.3 Å². The van der Waals surface area contributed by atoms with Crippen LogP contribution in [0.5, 0.6) is 5.75 Å². The normalized spacial score (nSPS) is 27.9. The summed E-state index contributed by atoms with van der Waals surface area (Å²) in [6.45, 7) is 11.4. The second-order valence-electron chi connectivity index (χ2n) is 8.77. The van der Waals surface area contributed by atoms with Crippen molar-refractivity contribution in [3.63, 3.8) is 0 Å². The maximum Gasteiger partial charge on any atom is 0.141 e. The number of aromatic nitrogens is 2. The predicted molar refractivity (Wildman–Crippen MR) is 112 cm³/mol. The Morgan fingerprint density at radius 1 is 1.18 bits per heavy atom. The Hall–Kier alpha value is -1.50. The highest BCUT2D eigenvalue weighted by Crippen LogP contribution is 2.39. The minimum Gasteiger partial charge on any atom is -0.486 e. The van der Waals surface area contributed by atoms with E-state index in [2.05, 4.69) is 29.1 Å². The van der Waals surface area contributed by atoms with Crippen molar-refractivity contribution in [2.75, 3.05) is 13.1 Å². The van der Waals surface area contributed by atoms with E-state index < -0.39 is 6.10 Å². The first-order valence-corrected chi connectivity index (χ1v) is 11.2. The lowest BCUT2D eigenvalue weighted by Crippen LogP contribution is -2.42. The van der Waals surface area contributed by atoms with Gasteiger partial charge in [-0.05, 0) is 56.6 Å². The van der Waals surface area contributed by atoms with Gasteiger partial charge in [0.2, 0.25) is 0 Å². The highest BCUT2D eigenvalue weighted by atomic mass is 32.1.